The minimum Gasteiger partial charge on any atom is -0.474 e. The van der Waals surface area contributed by atoms with Crippen LogP contribution in [0.4, 0.5) is 26.4 Å². The molecule has 9 nitrogen and oxygen atoms in total. The van der Waals surface area contributed by atoms with Crippen molar-refractivity contribution in [1.29, 1.82) is 0 Å². The monoisotopic (exact) mass is 561 g/mol. The van der Waals surface area contributed by atoms with E-state index in [2.05, 4.69) is 20.6 Å². The maximum absolute atomic E-state index is 15.5. The Morgan fingerprint density at radius 1 is 1.12 bits per heavy atom. The van der Waals surface area contributed by atoms with E-state index in [1.807, 2.05) is 6.92 Å². The number of rotatable bonds is 4. The first kappa shape index (κ1) is 26.3. The van der Waals surface area contributed by atoms with E-state index < -0.39 is 11.9 Å². The van der Waals surface area contributed by atoms with Crippen molar-refractivity contribution in [1.82, 2.24) is 9.97 Å². The standard InChI is InChI=1S/C31H36FN5O4/c1-17-23(13-36-29-28(17)34-8-9-40-29)22-10-19-11-25(35-14-24(19)27(33)26(22)32)37-30(38)41-21-4-7-31(12-21)5-2-18(3-6-31)20-15-39-16-20/h10-11,13-14,18,20-21,34H,2-9,12,15-16,33H2,1H3,(H,35,37,38). The van der Waals surface area contributed by atoms with Crippen LogP contribution >= 0.6 is 0 Å². The Kier molecular flexibility index (Phi) is 6.60. The summed E-state index contributed by atoms with van der Waals surface area (Å²) in [5.41, 5.74) is 9.03. The Hall–Kier alpha value is -3.66. The van der Waals surface area contributed by atoms with Crippen molar-refractivity contribution in [3.8, 4) is 17.0 Å². The van der Waals surface area contributed by atoms with Gasteiger partial charge in [0.15, 0.2) is 5.82 Å². The van der Waals surface area contributed by atoms with Crippen molar-refractivity contribution in [2.45, 2.75) is 58.0 Å². The molecule has 1 spiro atoms. The van der Waals surface area contributed by atoms with Gasteiger partial charge >= 0.3 is 6.09 Å². The number of fused-ring (bicyclic) bond motifs is 2. The van der Waals surface area contributed by atoms with Crippen molar-refractivity contribution in [3.63, 3.8) is 0 Å². The number of hydrogen-bond donors (Lipinski definition) is 3. The Morgan fingerprint density at radius 2 is 1.93 bits per heavy atom. The third kappa shape index (κ3) is 4.81. The van der Waals surface area contributed by atoms with E-state index in [0.29, 0.717) is 52.2 Å². The Bertz CT molecular complexity index is 1500. The maximum Gasteiger partial charge on any atom is 0.413 e. The molecular weight excluding hydrogens is 525 g/mol. The zero-order valence-electron chi connectivity index (χ0n) is 23.3. The Labute approximate surface area is 238 Å². The number of nitrogens with one attached hydrogen (secondary N) is 2. The van der Waals surface area contributed by atoms with Gasteiger partial charge in [0.1, 0.15) is 24.2 Å². The third-order valence-electron chi connectivity index (χ3n) is 9.82. The quantitative estimate of drug-likeness (QED) is 0.329. The van der Waals surface area contributed by atoms with Gasteiger partial charge in [0.05, 0.1) is 18.9 Å². The lowest BCUT2D eigenvalue weighted by molar-refractivity contribution is -0.0756. The molecule has 1 atom stereocenters. The first-order valence-corrected chi connectivity index (χ1v) is 14.7. The highest BCUT2D eigenvalue weighted by atomic mass is 19.1. The van der Waals surface area contributed by atoms with Crippen molar-refractivity contribution in [2.75, 3.05) is 42.7 Å². The van der Waals surface area contributed by atoms with Gasteiger partial charge in [-0.2, -0.15) is 0 Å². The number of pyridine rings is 2. The summed E-state index contributed by atoms with van der Waals surface area (Å²) >= 11 is 0. The summed E-state index contributed by atoms with van der Waals surface area (Å²) in [6, 6.07) is 3.41. The minimum atomic E-state index is -0.536. The number of carbonyl (C=O) groups is 1. The molecule has 4 N–H and O–H groups in total. The number of nitrogens with zero attached hydrogens (tertiary/aromatic N) is 2. The van der Waals surface area contributed by atoms with Crippen LogP contribution in [0.15, 0.2) is 24.5 Å². The number of aromatic nitrogens is 2. The average Bonchev–Trinajstić information content (AvgIpc) is 3.33. The van der Waals surface area contributed by atoms with E-state index in [0.717, 1.165) is 55.6 Å². The zero-order chi connectivity index (χ0) is 28.1. The number of hydrogen-bond acceptors (Lipinski definition) is 8. The predicted molar refractivity (Wildman–Crippen MR) is 155 cm³/mol. The van der Waals surface area contributed by atoms with Gasteiger partial charge in [0, 0.05) is 41.4 Å². The Balaban J connectivity index is 1.05. The van der Waals surface area contributed by atoms with Gasteiger partial charge in [0.2, 0.25) is 5.88 Å². The molecule has 0 radical (unpaired) electrons. The van der Waals surface area contributed by atoms with Gasteiger partial charge < -0.3 is 25.3 Å². The van der Waals surface area contributed by atoms with Crippen LogP contribution < -0.4 is 21.1 Å². The normalized spacial score (nSPS) is 25.7. The van der Waals surface area contributed by atoms with Crippen LogP contribution in [0, 0.1) is 30.0 Å². The van der Waals surface area contributed by atoms with Gasteiger partial charge in [-0.3, -0.25) is 5.32 Å². The van der Waals surface area contributed by atoms with Crippen LogP contribution in [0.1, 0.15) is 50.5 Å². The summed E-state index contributed by atoms with van der Waals surface area (Å²) in [7, 11) is 0. The number of halogens is 1. The largest absolute Gasteiger partial charge is 0.474 e. The highest BCUT2D eigenvalue weighted by Gasteiger charge is 2.44. The molecule has 4 aliphatic rings. The number of nitrogens with two attached hydrogens (primary N) is 1. The molecule has 10 heteroatoms. The van der Waals surface area contributed by atoms with Crippen LogP contribution in [0.3, 0.4) is 0 Å². The number of ether oxygens (including phenoxy) is 3. The summed E-state index contributed by atoms with van der Waals surface area (Å²) in [5.74, 6) is 1.83. The number of amides is 1. The summed E-state index contributed by atoms with van der Waals surface area (Å²) in [6.07, 6.45) is 10.3. The van der Waals surface area contributed by atoms with Crippen LogP contribution in [0.5, 0.6) is 5.88 Å². The van der Waals surface area contributed by atoms with E-state index in [-0.39, 0.29) is 11.8 Å². The molecule has 1 aromatic carbocycles. The topological polar surface area (TPSA) is 121 Å². The second-order valence-electron chi connectivity index (χ2n) is 12.2. The number of benzene rings is 1. The fourth-order valence-corrected chi connectivity index (χ4v) is 7.30. The lowest BCUT2D eigenvalue weighted by Gasteiger charge is -2.42. The van der Waals surface area contributed by atoms with E-state index >= 15 is 4.39 Å². The molecule has 3 aromatic rings. The van der Waals surface area contributed by atoms with Crippen molar-refractivity contribution < 1.29 is 23.4 Å². The molecule has 2 saturated carbocycles. The molecule has 2 aromatic heterocycles. The highest BCUT2D eigenvalue weighted by molar-refractivity contribution is 5.99. The van der Waals surface area contributed by atoms with E-state index in [1.54, 1.807) is 18.3 Å². The van der Waals surface area contributed by atoms with Gasteiger partial charge in [0.25, 0.3) is 0 Å². The molecule has 1 amide bonds. The van der Waals surface area contributed by atoms with Crippen LogP contribution in [0.25, 0.3) is 21.9 Å². The molecule has 1 saturated heterocycles. The lowest BCUT2D eigenvalue weighted by atomic mass is 9.66. The van der Waals surface area contributed by atoms with Crippen molar-refractivity contribution >= 4 is 34.1 Å². The second kappa shape index (κ2) is 10.3. The molecule has 4 heterocycles. The smallest absolute Gasteiger partial charge is 0.413 e. The zero-order valence-corrected chi connectivity index (χ0v) is 23.3. The molecule has 2 aliphatic heterocycles. The summed E-state index contributed by atoms with van der Waals surface area (Å²) in [6.45, 7) is 4.92. The first-order valence-electron chi connectivity index (χ1n) is 14.7. The van der Waals surface area contributed by atoms with E-state index in [1.165, 1.54) is 31.9 Å². The molecule has 0 bridgehead atoms. The summed E-state index contributed by atoms with van der Waals surface area (Å²) in [4.78, 5) is 21.5. The van der Waals surface area contributed by atoms with E-state index in [4.69, 9.17) is 19.9 Å². The molecule has 216 valence electrons. The minimum absolute atomic E-state index is 0.00346. The highest BCUT2D eigenvalue weighted by Crippen LogP contribution is 2.52. The van der Waals surface area contributed by atoms with Crippen LogP contribution in [-0.4, -0.2) is 48.5 Å². The molecule has 1 unspecified atom stereocenters. The Morgan fingerprint density at radius 3 is 2.71 bits per heavy atom. The molecule has 2 aliphatic carbocycles. The average molecular weight is 562 g/mol. The van der Waals surface area contributed by atoms with Crippen LogP contribution in [0.2, 0.25) is 0 Å². The van der Waals surface area contributed by atoms with Crippen LogP contribution in [-0.2, 0) is 9.47 Å². The molecule has 3 fully saturated rings. The van der Waals surface area contributed by atoms with Crippen molar-refractivity contribution in [3.05, 3.63) is 35.9 Å². The van der Waals surface area contributed by atoms with Gasteiger partial charge in [-0.25, -0.2) is 19.2 Å². The summed E-state index contributed by atoms with van der Waals surface area (Å²) < 4.78 is 32.3. The number of anilines is 3. The lowest BCUT2D eigenvalue weighted by Crippen LogP contribution is -2.38. The number of nitrogen functional groups attached to an aromatic ring is 1. The maximum atomic E-state index is 15.5. The number of carbonyl (C=O) groups excluding carboxylic acids is 1. The molecule has 41 heavy (non-hydrogen) atoms. The predicted octanol–water partition coefficient (Wildman–Crippen LogP) is 6.05. The van der Waals surface area contributed by atoms with E-state index in [9.17, 15) is 4.79 Å². The molecular formula is C31H36FN5O4. The molecule has 7 rings (SSSR count). The first-order chi connectivity index (χ1) is 19.9. The fraction of sp³-hybridized carbons (Fsp3) is 0.516. The fourth-order valence-electron chi connectivity index (χ4n) is 7.30. The SMILES string of the molecule is Cc1c(-c2cc3cc(NC(=O)OC4CCC5(CCC(C6COC6)CC5)C4)ncc3c(N)c2F)cnc2c1NCCO2. The summed E-state index contributed by atoms with van der Waals surface area (Å²) in [5, 5.41) is 7.18. The van der Waals surface area contributed by atoms with Crippen molar-refractivity contribution in [2.24, 2.45) is 17.3 Å². The second-order valence-corrected chi connectivity index (χ2v) is 12.2. The third-order valence-corrected chi connectivity index (χ3v) is 9.82. The van der Waals surface area contributed by atoms with Gasteiger partial charge in [-0.1, -0.05) is 0 Å². The van der Waals surface area contributed by atoms with Gasteiger partial charge in [-0.15, -0.1) is 0 Å². The van der Waals surface area contributed by atoms with Gasteiger partial charge in [-0.05, 0) is 86.3 Å².